The summed E-state index contributed by atoms with van der Waals surface area (Å²) in [7, 11) is -3.67. The Labute approximate surface area is 195 Å². The molecule has 1 fully saturated rings. The van der Waals surface area contributed by atoms with Crippen LogP contribution in [0.1, 0.15) is 0 Å². The van der Waals surface area contributed by atoms with Crippen LogP contribution < -0.4 is 14.4 Å². The fourth-order valence-electron chi connectivity index (χ4n) is 4.18. The van der Waals surface area contributed by atoms with E-state index in [-0.39, 0.29) is 4.90 Å². The van der Waals surface area contributed by atoms with Crippen molar-refractivity contribution in [1.82, 2.24) is 29.3 Å². The van der Waals surface area contributed by atoms with E-state index in [4.69, 9.17) is 9.47 Å². The van der Waals surface area contributed by atoms with Gasteiger partial charge in [0.1, 0.15) is 19.5 Å². The molecule has 0 radical (unpaired) electrons. The Kier molecular flexibility index (Phi) is 5.03. The molecule has 4 aromatic rings. The number of hydrogen-bond donors (Lipinski definition) is 0. The molecule has 2 aliphatic heterocycles. The minimum absolute atomic E-state index is 0.195. The Balaban J connectivity index is 1.23. The molecule has 2 aliphatic rings. The topological polar surface area (TPSA) is 116 Å². The average molecular weight is 480 g/mol. The average Bonchev–Trinajstić information content (AvgIpc) is 3.33. The quantitative estimate of drug-likeness (QED) is 0.429. The van der Waals surface area contributed by atoms with Crippen LogP contribution in [0.15, 0.2) is 59.8 Å². The highest BCUT2D eigenvalue weighted by molar-refractivity contribution is 7.89. The van der Waals surface area contributed by atoms with Crippen LogP contribution in [-0.2, 0) is 10.0 Å². The summed E-state index contributed by atoms with van der Waals surface area (Å²) >= 11 is 0. The molecule has 0 spiro atoms. The molecule has 6 rings (SSSR count). The first kappa shape index (κ1) is 20.8. The maximum atomic E-state index is 13.2. The number of fused-ring (bicyclic) bond motifs is 2. The SMILES string of the molecule is O=S(=O)(c1ccc2c(c1)OCCO2)N1CCN(c2ncnc3c2nnn3-c2ccccc2)CC1. The first-order valence-corrected chi connectivity index (χ1v) is 12.3. The van der Waals surface area contributed by atoms with Gasteiger partial charge in [-0.25, -0.2) is 18.4 Å². The van der Waals surface area contributed by atoms with Gasteiger partial charge in [0.15, 0.2) is 28.5 Å². The standard InChI is InChI=1S/C22H21N7O4S/c30-34(31,17-6-7-18-19(14-17)33-13-12-32-18)28-10-8-27(9-11-28)21-20-22(24-15-23-21)29(26-25-20)16-4-2-1-3-5-16/h1-7,14-15H,8-13H2. The van der Waals surface area contributed by atoms with Gasteiger partial charge in [0.2, 0.25) is 10.0 Å². The molecule has 174 valence electrons. The second kappa shape index (κ2) is 8.22. The largest absolute Gasteiger partial charge is 0.486 e. The first-order valence-electron chi connectivity index (χ1n) is 10.9. The molecule has 0 saturated carbocycles. The molecular formula is C22H21N7O4S. The van der Waals surface area contributed by atoms with E-state index in [1.54, 1.807) is 16.8 Å². The van der Waals surface area contributed by atoms with E-state index in [0.29, 0.717) is 67.9 Å². The Morgan fingerprint density at radius 1 is 0.853 bits per heavy atom. The molecule has 0 N–H and O–H groups in total. The van der Waals surface area contributed by atoms with Crippen molar-refractivity contribution < 1.29 is 17.9 Å². The van der Waals surface area contributed by atoms with Crippen LogP contribution in [0.25, 0.3) is 16.9 Å². The summed E-state index contributed by atoms with van der Waals surface area (Å²) in [5.41, 5.74) is 2.03. The number of sulfonamides is 1. The molecule has 0 unspecified atom stereocenters. The lowest BCUT2D eigenvalue weighted by molar-refractivity contribution is 0.171. The highest BCUT2D eigenvalue weighted by atomic mass is 32.2. The number of hydrogen-bond acceptors (Lipinski definition) is 9. The lowest BCUT2D eigenvalue weighted by Gasteiger charge is -2.34. The highest BCUT2D eigenvalue weighted by Gasteiger charge is 2.31. The maximum Gasteiger partial charge on any atom is 0.243 e. The Morgan fingerprint density at radius 2 is 1.62 bits per heavy atom. The number of piperazine rings is 1. The van der Waals surface area contributed by atoms with Gasteiger partial charge in [0.25, 0.3) is 0 Å². The summed E-state index contributed by atoms with van der Waals surface area (Å²) in [6, 6.07) is 14.4. The number of rotatable bonds is 4. The molecule has 0 amide bonds. The number of ether oxygens (including phenoxy) is 2. The minimum Gasteiger partial charge on any atom is -0.486 e. The van der Waals surface area contributed by atoms with E-state index in [2.05, 4.69) is 20.3 Å². The Hall–Kier alpha value is -3.77. The van der Waals surface area contributed by atoms with Gasteiger partial charge in [-0.2, -0.15) is 8.99 Å². The number of para-hydroxylation sites is 1. The normalized spacial score (nSPS) is 16.6. The number of benzene rings is 2. The van der Waals surface area contributed by atoms with Crippen molar-refractivity contribution in [1.29, 1.82) is 0 Å². The van der Waals surface area contributed by atoms with Crippen LogP contribution in [-0.4, -0.2) is 77.1 Å². The summed E-state index contributed by atoms with van der Waals surface area (Å²) in [6.07, 6.45) is 1.48. The van der Waals surface area contributed by atoms with Crippen molar-refractivity contribution in [3.8, 4) is 17.2 Å². The van der Waals surface area contributed by atoms with E-state index in [1.807, 2.05) is 35.2 Å². The van der Waals surface area contributed by atoms with Crippen LogP contribution in [0.5, 0.6) is 11.5 Å². The molecule has 0 bridgehead atoms. The number of aromatic nitrogens is 5. The maximum absolute atomic E-state index is 13.2. The lowest BCUT2D eigenvalue weighted by Crippen LogP contribution is -2.49. The van der Waals surface area contributed by atoms with E-state index in [1.165, 1.54) is 16.7 Å². The molecule has 1 saturated heterocycles. The van der Waals surface area contributed by atoms with Gasteiger partial charge in [-0.3, -0.25) is 0 Å². The fraction of sp³-hybridized carbons (Fsp3) is 0.273. The molecule has 0 aliphatic carbocycles. The zero-order valence-corrected chi connectivity index (χ0v) is 18.9. The van der Waals surface area contributed by atoms with Gasteiger partial charge < -0.3 is 14.4 Å². The van der Waals surface area contributed by atoms with Crippen molar-refractivity contribution in [2.24, 2.45) is 0 Å². The summed E-state index contributed by atoms with van der Waals surface area (Å²) < 4.78 is 40.7. The van der Waals surface area contributed by atoms with Gasteiger partial charge in [-0.15, -0.1) is 5.10 Å². The van der Waals surface area contributed by atoms with E-state index >= 15 is 0 Å². The molecule has 4 heterocycles. The first-order chi connectivity index (χ1) is 16.6. The van der Waals surface area contributed by atoms with Crippen molar-refractivity contribution >= 4 is 27.0 Å². The highest BCUT2D eigenvalue weighted by Crippen LogP contribution is 2.33. The van der Waals surface area contributed by atoms with Crippen LogP contribution in [0.3, 0.4) is 0 Å². The van der Waals surface area contributed by atoms with Crippen LogP contribution in [0.4, 0.5) is 5.82 Å². The number of nitrogens with zero attached hydrogens (tertiary/aromatic N) is 7. The third-order valence-electron chi connectivity index (χ3n) is 5.91. The Bertz CT molecular complexity index is 1450. The van der Waals surface area contributed by atoms with Gasteiger partial charge in [-0.05, 0) is 24.3 Å². The van der Waals surface area contributed by atoms with Gasteiger partial charge in [0, 0.05) is 32.2 Å². The predicted octanol–water partition coefficient (Wildman–Crippen LogP) is 1.49. The third-order valence-corrected chi connectivity index (χ3v) is 7.80. The zero-order valence-electron chi connectivity index (χ0n) is 18.1. The monoisotopic (exact) mass is 479 g/mol. The second-order valence-corrected chi connectivity index (χ2v) is 9.84. The molecule has 2 aromatic carbocycles. The van der Waals surface area contributed by atoms with Crippen molar-refractivity contribution in [3.63, 3.8) is 0 Å². The zero-order chi connectivity index (χ0) is 23.1. The smallest absolute Gasteiger partial charge is 0.243 e. The van der Waals surface area contributed by atoms with Crippen molar-refractivity contribution in [2.45, 2.75) is 4.90 Å². The van der Waals surface area contributed by atoms with Crippen LogP contribution in [0.2, 0.25) is 0 Å². The summed E-state index contributed by atoms with van der Waals surface area (Å²) in [5, 5.41) is 8.57. The van der Waals surface area contributed by atoms with Gasteiger partial charge >= 0.3 is 0 Å². The van der Waals surface area contributed by atoms with E-state index in [9.17, 15) is 8.42 Å². The predicted molar refractivity (Wildman–Crippen MR) is 123 cm³/mol. The van der Waals surface area contributed by atoms with Crippen molar-refractivity contribution in [3.05, 3.63) is 54.9 Å². The van der Waals surface area contributed by atoms with Gasteiger partial charge in [0.05, 0.1) is 10.6 Å². The van der Waals surface area contributed by atoms with Crippen LogP contribution in [0, 0.1) is 0 Å². The summed E-state index contributed by atoms with van der Waals surface area (Å²) in [5.74, 6) is 1.66. The molecule has 0 atom stereocenters. The molecule has 34 heavy (non-hydrogen) atoms. The van der Waals surface area contributed by atoms with Crippen LogP contribution >= 0.6 is 0 Å². The van der Waals surface area contributed by atoms with Crippen molar-refractivity contribution in [2.75, 3.05) is 44.3 Å². The fourth-order valence-corrected chi connectivity index (χ4v) is 5.62. The van der Waals surface area contributed by atoms with E-state index in [0.717, 1.165) is 5.69 Å². The Morgan fingerprint density at radius 3 is 2.41 bits per heavy atom. The summed E-state index contributed by atoms with van der Waals surface area (Å²) in [4.78, 5) is 11.0. The molecular weight excluding hydrogens is 458 g/mol. The third kappa shape index (κ3) is 3.51. The minimum atomic E-state index is -3.67. The van der Waals surface area contributed by atoms with Gasteiger partial charge in [-0.1, -0.05) is 23.4 Å². The van der Waals surface area contributed by atoms with E-state index < -0.39 is 10.0 Å². The molecule has 2 aromatic heterocycles. The molecule has 12 heteroatoms. The number of anilines is 1. The molecule has 11 nitrogen and oxygen atoms in total. The summed E-state index contributed by atoms with van der Waals surface area (Å²) in [6.45, 7) is 2.42. The second-order valence-electron chi connectivity index (χ2n) is 7.90. The lowest BCUT2D eigenvalue weighted by atomic mass is 10.3.